The summed E-state index contributed by atoms with van der Waals surface area (Å²) in [6, 6.07) is 30.8. The second kappa shape index (κ2) is 8.57. The first-order valence-electron chi connectivity index (χ1n) is 9.36. The summed E-state index contributed by atoms with van der Waals surface area (Å²) in [6.07, 6.45) is 0. The molecule has 0 spiro atoms. The fourth-order valence-electron chi connectivity index (χ4n) is 3.18. The van der Waals surface area contributed by atoms with Gasteiger partial charge in [-0.3, -0.25) is 8.84 Å². The van der Waals surface area contributed by atoms with E-state index in [0.717, 1.165) is 22.5 Å². The Morgan fingerprint density at radius 2 is 0.867 bits per heavy atom. The van der Waals surface area contributed by atoms with Crippen molar-refractivity contribution in [3.63, 3.8) is 0 Å². The lowest BCUT2D eigenvalue weighted by Gasteiger charge is -2.21. The largest absolute Gasteiger partial charge is 0.397 e. The quantitative estimate of drug-likeness (QED) is 0.259. The zero-order valence-electron chi connectivity index (χ0n) is 16.0. The number of halogens is 2. The Hall–Kier alpha value is -3.34. The Bertz CT molecular complexity index is 1060. The Balaban J connectivity index is 1.73. The molecule has 6 heteroatoms. The van der Waals surface area contributed by atoms with Gasteiger partial charge in [-0.1, -0.05) is 48.5 Å². The third-order valence-electron chi connectivity index (χ3n) is 4.78. The van der Waals surface area contributed by atoms with Crippen LogP contribution in [0.5, 0.6) is 0 Å². The van der Waals surface area contributed by atoms with E-state index < -0.39 is 0 Å². The van der Waals surface area contributed by atoms with Gasteiger partial charge in [-0.05, 0) is 59.7 Å². The van der Waals surface area contributed by atoms with Gasteiger partial charge in [0.1, 0.15) is 0 Å². The van der Waals surface area contributed by atoms with E-state index in [-0.39, 0.29) is 0 Å². The molecule has 0 atom stereocenters. The molecule has 0 aliphatic rings. The van der Waals surface area contributed by atoms with Crippen LogP contribution in [0.15, 0.2) is 97.1 Å². The zero-order valence-corrected chi connectivity index (χ0v) is 17.6. The predicted octanol–water partition coefficient (Wildman–Crippen LogP) is 7.10. The third-order valence-corrected chi connectivity index (χ3v) is 5.54. The second-order valence-corrected chi connectivity index (χ2v) is 7.46. The number of hydrogen-bond donors (Lipinski definition) is 2. The van der Waals surface area contributed by atoms with E-state index in [2.05, 4.69) is 0 Å². The highest BCUT2D eigenvalue weighted by Gasteiger charge is 2.14. The molecular weight excluding hydrogens is 415 g/mol. The SMILES string of the molecule is Nc1ccc(-c2ccc(N)c(N(Cl)c3ccccc3)c2)cc1N(Cl)c1ccccc1. The molecule has 4 N–H and O–H groups in total. The summed E-state index contributed by atoms with van der Waals surface area (Å²) in [6.45, 7) is 0. The summed E-state index contributed by atoms with van der Waals surface area (Å²) < 4.78 is 3.10. The van der Waals surface area contributed by atoms with Crippen LogP contribution in [0.4, 0.5) is 34.1 Å². The minimum atomic E-state index is 0.580. The van der Waals surface area contributed by atoms with Crippen LogP contribution in [-0.2, 0) is 0 Å². The lowest BCUT2D eigenvalue weighted by atomic mass is 10.0. The second-order valence-electron chi connectivity index (χ2n) is 6.78. The van der Waals surface area contributed by atoms with Crippen LogP contribution in [-0.4, -0.2) is 0 Å². The highest BCUT2D eigenvalue weighted by atomic mass is 35.5. The van der Waals surface area contributed by atoms with E-state index >= 15 is 0 Å². The number of anilines is 6. The van der Waals surface area contributed by atoms with Gasteiger partial charge in [0.25, 0.3) is 0 Å². The maximum Gasteiger partial charge on any atom is 0.0816 e. The maximum atomic E-state index is 6.59. The lowest BCUT2D eigenvalue weighted by molar-refractivity contribution is 1.40. The van der Waals surface area contributed by atoms with Gasteiger partial charge in [0.05, 0.1) is 34.1 Å². The lowest BCUT2D eigenvalue weighted by Crippen LogP contribution is -2.06. The molecule has 0 aliphatic carbocycles. The van der Waals surface area contributed by atoms with E-state index in [1.165, 1.54) is 0 Å². The van der Waals surface area contributed by atoms with Crippen molar-refractivity contribution in [1.82, 2.24) is 0 Å². The number of nitrogen functional groups attached to an aromatic ring is 2. The topological polar surface area (TPSA) is 58.5 Å². The van der Waals surface area contributed by atoms with Gasteiger partial charge in [-0.25, -0.2) is 0 Å². The van der Waals surface area contributed by atoms with E-state index in [4.69, 9.17) is 35.0 Å². The third kappa shape index (κ3) is 4.01. The van der Waals surface area contributed by atoms with Crippen LogP contribution in [0.25, 0.3) is 11.1 Å². The summed E-state index contributed by atoms with van der Waals surface area (Å²) in [7, 11) is 0. The first-order valence-corrected chi connectivity index (χ1v) is 10.0. The van der Waals surface area contributed by atoms with Gasteiger partial charge in [0, 0.05) is 23.6 Å². The fraction of sp³-hybridized carbons (Fsp3) is 0. The van der Waals surface area contributed by atoms with Crippen molar-refractivity contribution >= 4 is 57.7 Å². The zero-order chi connectivity index (χ0) is 21.1. The highest BCUT2D eigenvalue weighted by molar-refractivity contribution is 6.31. The highest BCUT2D eigenvalue weighted by Crippen LogP contribution is 2.39. The minimum absolute atomic E-state index is 0.580. The first-order chi connectivity index (χ1) is 14.5. The van der Waals surface area contributed by atoms with Gasteiger partial charge in [-0.2, -0.15) is 0 Å². The molecule has 4 rings (SSSR count). The molecule has 30 heavy (non-hydrogen) atoms. The number of benzene rings is 4. The molecule has 0 bridgehead atoms. The monoisotopic (exact) mass is 434 g/mol. The van der Waals surface area contributed by atoms with Crippen molar-refractivity contribution < 1.29 is 0 Å². The van der Waals surface area contributed by atoms with Crippen LogP contribution in [0.1, 0.15) is 0 Å². The average molecular weight is 435 g/mol. The van der Waals surface area contributed by atoms with Crippen LogP contribution in [0.3, 0.4) is 0 Å². The summed E-state index contributed by atoms with van der Waals surface area (Å²) in [5.41, 5.74) is 18.5. The number of hydrogen-bond acceptors (Lipinski definition) is 4. The van der Waals surface area contributed by atoms with Gasteiger partial charge < -0.3 is 11.5 Å². The molecule has 4 nitrogen and oxygen atoms in total. The smallest absolute Gasteiger partial charge is 0.0816 e. The van der Waals surface area contributed by atoms with Crippen LogP contribution in [0.2, 0.25) is 0 Å². The first kappa shape index (κ1) is 20.0. The predicted molar refractivity (Wildman–Crippen MR) is 130 cm³/mol. The fourth-order valence-corrected chi connectivity index (χ4v) is 3.70. The summed E-state index contributed by atoms with van der Waals surface area (Å²) >= 11 is 13.2. The van der Waals surface area contributed by atoms with Crippen LogP contribution < -0.4 is 20.3 Å². The summed E-state index contributed by atoms with van der Waals surface area (Å²) in [5.74, 6) is 0. The van der Waals surface area contributed by atoms with Crippen LogP contribution in [0, 0.1) is 0 Å². The van der Waals surface area contributed by atoms with E-state index in [9.17, 15) is 0 Å². The van der Waals surface area contributed by atoms with Gasteiger partial charge in [0.2, 0.25) is 0 Å². The molecule has 0 fully saturated rings. The molecule has 0 saturated heterocycles. The van der Waals surface area contributed by atoms with Crippen molar-refractivity contribution in [3.05, 3.63) is 97.1 Å². The van der Waals surface area contributed by atoms with Crippen molar-refractivity contribution in [2.24, 2.45) is 0 Å². The number of para-hydroxylation sites is 2. The summed E-state index contributed by atoms with van der Waals surface area (Å²) in [4.78, 5) is 0. The number of nitrogens with two attached hydrogens (primary N) is 2. The molecule has 0 saturated carbocycles. The van der Waals surface area contributed by atoms with E-state index in [0.29, 0.717) is 22.7 Å². The minimum Gasteiger partial charge on any atom is -0.397 e. The molecule has 0 aromatic heterocycles. The van der Waals surface area contributed by atoms with Crippen molar-refractivity contribution in [1.29, 1.82) is 0 Å². The van der Waals surface area contributed by atoms with Gasteiger partial charge in [0.15, 0.2) is 0 Å². The molecule has 4 aromatic rings. The van der Waals surface area contributed by atoms with Crippen molar-refractivity contribution in [2.45, 2.75) is 0 Å². The van der Waals surface area contributed by atoms with Crippen molar-refractivity contribution in [3.8, 4) is 11.1 Å². The molecule has 4 aromatic carbocycles. The number of nitrogens with zero attached hydrogens (tertiary/aromatic N) is 2. The molecule has 0 aliphatic heterocycles. The Morgan fingerprint density at radius 1 is 0.500 bits per heavy atom. The van der Waals surface area contributed by atoms with Crippen LogP contribution >= 0.6 is 23.6 Å². The van der Waals surface area contributed by atoms with Gasteiger partial charge in [-0.15, -0.1) is 0 Å². The Morgan fingerprint density at radius 3 is 1.23 bits per heavy atom. The normalized spacial score (nSPS) is 10.6. The van der Waals surface area contributed by atoms with E-state index in [1.807, 2.05) is 97.1 Å². The standard InChI is InChI=1S/C24H20Cl2N4/c25-29(19-7-3-1-4-8-19)23-15-17(11-13-21(23)27)18-12-14-22(28)24(16-18)30(26)20-9-5-2-6-10-20/h1-16H,27-28H2. The Kier molecular flexibility index (Phi) is 5.70. The molecular formula is C24H20Cl2N4. The van der Waals surface area contributed by atoms with E-state index in [1.54, 1.807) is 8.84 Å². The molecule has 0 radical (unpaired) electrons. The van der Waals surface area contributed by atoms with Crippen molar-refractivity contribution in [2.75, 3.05) is 20.3 Å². The summed E-state index contributed by atoms with van der Waals surface area (Å²) in [5, 5.41) is 0. The maximum absolute atomic E-state index is 6.59. The molecule has 0 unspecified atom stereocenters. The molecule has 0 heterocycles. The van der Waals surface area contributed by atoms with Gasteiger partial charge >= 0.3 is 0 Å². The average Bonchev–Trinajstić information content (AvgIpc) is 2.80. The number of rotatable bonds is 5. The molecule has 0 amide bonds. The Labute approximate surface area is 186 Å². The molecule has 150 valence electrons.